The number of amides is 1. The van der Waals surface area contributed by atoms with Crippen molar-refractivity contribution in [3.8, 4) is 0 Å². The Morgan fingerprint density at radius 2 is 2.17 bits per heavy atom. The number of thioether (sulfide) groups is 1. The first kappa shape index (κ1) is 15.3. The van der Waals surface area contributed by atoms with E-state index < -0.39 is 0 Å². The van der Waals surface area contributed by atoms with E-state index in [-0.39, 0.29) is 17.8 Å². The van der Waals surface area contributed by atoms with Crippen molar-refractivity contribution in [1.29, 1.82) is 0 Å². The lowest BCUT2D eigenvalue weighted by molar-refractivity contribution is -0.128. The summed E-state index contributed by atoms with van der Waals surface area (Å²) in [5.41, 5.74) is 0.850. The van der Waals surface area contributed by atoms with Crippen LogP contribution in [0.3, 0.4) is 0 Å². The lowest BCUT2D eigenvalue weighted by atomic mass is 10.2. The zero-order valence-electron chi connectivity index (χ0n) is 10.7. The zero-order valence-corrected chi connectivity index (χ0v) is 12.3. The Morgan fingerprint density at radius 3 is 2.72 bits per heavy atom. The highest BCUT2D eigenvalue weighted by Crippen LogP contribution is 2.22. The molecule has 100 valence electrons. The Kier molecular flexibility index (Phi) is 5.96. The molecular weight excluding hydrogens is 273 g/mol. The van der Waals surface area contributed by atoms with Gasteiger partial charge in [0.1, 0.15) is 5.82 Å². The Hall–Kier alpha value is -0.740. The normalized spacial score (nSPS) is 10.8. The summed E-state index contributed by atoms with van der Waals surface area (Å²) < 4.78 is 12.8. The summed E-state index contributed by atoms with van der Waals surface area (Å²) in [7, 11) is 1.79. The number of benzene rings is 1. The Balaban J connectivity index is 2.44. The van der Waals surface area contributed by atoms with Gasteiger partial charge < -0.3 is 4.90 Å². The van der Waals surface area contributed by atoms with Crippen molar-refractivity contribution in [2.24, 2.45) is 0 Å². The van der Waals surface area contributed by atoms with E-state index in [0.717, 1.165) is 5.56 Å². The maximum absolute atomic E-state index is 12.8. The van der Waals surface area contributed by atoms with Gasteiger partial charge in [-0.25, -0.2) is 4.39 Å². The molecule has 0 N–H and O–H groups in total. The van der Waals surface area contributed by atoms with E-state index in [1.807, 2.05) is 13.8 Å². The van der Waals surface area contributed by atoms with Crippen LogP contribution in [0.15, 0.2) is 18.2 Å². The topological polar surface area (TPSA) is 20.3 Å². The van der Waals surface area contributed by atoms with Gasteiger partial charge in [-0.15, -0.1) is 11.8 Å². The summed E-state index contributed by atoms with van der Waals surface area (Å²) in [6.07, 6.45) is 0. The summed E-state index contributed by atoms with van der Waals surface area (Å²) in [5, 5.41) is 0.409. The van der Waals surface area contributed by atoms with Crippen LogP contribution in [0.4, 0.5) is 4.39 Å². The standard InChI is InChI=1S/C13H17ClFNOS/c1-9(2)16(3)13(17)8-18-7-10-4-5-11(15)6-12(10)14/h4-6,9H,7-8H2,1-3H3. The lowest BCUT2D eigenvalue weighted by Crippen LogP contribution is -2.34. The van der Waals surface area contributed by atoms with E-state index in [0.29, 0.717) is 16.5 Å². The number of carbonyl (C=O) groups excluding carboxylic acids is 1. The van der Waals surface area contributed by atoms with E-state index in [1.54, 1.807) is 18.0 Å². The van der Waals surface area contributed by atoms with Crippen molar-refractivity contribution in [3.05, 3.63) is 34.6 Å². The molecule has 2 nitrogen and oxygen atoms in total. The van der Waals surface area contributed by atoms with Crippen molar-refractivity contribution in [1.82, 2.24) is 4.90 Å². The van der Waals surface area contributed by atoms with Gasteiger partial charge in [-0.3, -0.25) is 4.79 Å². The zero-order chi connectivity index (χ0) is 13.7. The third-order valence-corrected chi connectivity index (χ3v) is 3.98. The van der Waals surface area contributed by atoms with Crippen LogP contribution in [0.2, 0.25) is 5.02 Å². The van der Waals surface area contributed by atoms with Gasteiger partial charge in [0.25, 0.3) is 0 Å². The molecule has 0 bridgehead atoms. The van der Waals surface area contributed by atoms with Crippen LogP contribution in [-0.4, -0.2) is 29.6 Å². The number of rotatable bonds is 5. The van der Waals surface area contributed by atoms with Gasteiger partial charge in [-0.1, -0.05) is 17.7 Å². The second kappa shape index (κ2) is 7.00. The monoisotopic (exact) mass is 289 g/mol. The average Bonchev–Trinajstić information content (AvgIpc) is 2.30. The molecule has 1 amide bonds. The summed E-state index contributed by atoms with van der Waals surface area (Å²) in [4.78, 5) is 13.4. The first-order valence-electron chi connectivity index (χ1n) is 5.69. The fourth-order valence-corrected chi connectivity index (χ4v) is 2.54. The fourth-order valence-electron chi connectivity index (χ4n) is 1.28. The van der Waals surface area contributed by atoms with Crippen molar-refractivity contribution >= 4 is 29.3 Å². The van der Waals surface area contributed by atoms with Crippen LogP contribution in [0.1, 0.15) is 19.4 Å². The van der Waals surface area contributed by atoms with Gasteiger partial charge in [0.05, 0.1) is 5.75 Å². The molecule has 0 radical (unpaired) electrons. The molecule has 0 aliphatic heterocycles. The lowest BCUT2D eigenvalue weighted by Gasteiger charge is -2.21. The molecule has 0 saturated heterocycles. The maximum atomic E-state index is 12.8. The van der Waals surface area contributed by atoms with Crippen LogP contribution < -0.4 is 0 Å². The minimum atomic E-state index is -0.343. The van der Waals surface area contributed by atoms with Crippen molar-refractivity contribution in [2.45, 2.75) is 25.6 Å². The molecule has 1 rings (SSSR count). The molecule has 0 aliphatic rings. The quantitative estimate of drug-likeness (QED) is 0.826. The van der Waals surface area contributed by atoms with Gasteiger partial charge in [0.15, 0.2) is 0 Å². The molecule has 0 aromatic heterocycles. The van der Waals surface area contributed by atoms with Crippen LogP contribution in [0, 0.1) is 5.82 Å². The van der Waals surface area contributed by atoms with Gasteiger partial charge in [-0.2, -0.15) is 0 Å². The van der Waals surface area contributed by atoms with Crippen LogP contribution in [0.5, 0.6) is 0 Å². The molecule has 1 aromatic carbocycles. The summed E-state index contributed by atoms with van der Waals surface area (Å²) in [6.45, 7) is 3.94. The van der Waals surface area contributed by atoms with Crippen molar-refractivity contribution in [3.63, 3.8) is 0 Å². The van der Waals surface area contributed by atoms with Gasteiger partial charge in [0, 0.05) is 23.9 Å². The molecule has 0 saturated carbocycles. The molecule has 0 aliphatic carbocycles. The second-order valence-electron chi connectivity index (χ2n) is 4.33. The minimum absolute atomic E-state index is 0.0910. The maximum Gasteiger partial charge on any atom is 0.232 e. The molecule has 1 aromatic rings. The third-order valence-electron chi connectivity index (χ3n) is 2.67. The molecule has 5 heteroatoms. The summed E-state index contributed by atoms with van der Waals surface area (Å²) >= 11 is 7.39. The van der Waals surface area contributed by atoms with E-state index in [9.17, 15) is 9.18 Å². The Bertz CT molecular complexity index is 425. The highest BCUT2D eigenvalue weighted by Gasteiger charge is 2.12. The number of hydrogen-bond acceptors (Lipinski definition) is 2. The van der Waals surface area contributed by atoms with Crippen molar-refractivity contribution in [2.75, 3.05) is 12.8 Å². The Morgan fingerprint density at radius 1 is 1.50 bits per heavy atom. The van der Waals surface area contributed by atoms with E-state index >= 15 is 0 Å². The number of halogens is 2. The molecule has 18 heavy (non-hydrogen) atoms. The molecular formula is C13H17ClFNOS. The summed E-state index contributed by atoms with van der Waals surface area (Å²) in [5.74, 6) is 0.761. The van der Waals surface area contributed by atoms with Crippen LogP contribution >= 0.6 is 23.4 Å². The van der Waals surface area contributed by atoms with E-state index in [2.05, 4.69) is 0 Å². The predicted molar refractivity (Wildman–Crippen MR) is 75.5 cm³/mol. The largest absolute Gasteiger partial charge is 0.343 e. The van der Waals surface area contributed by atoms with E-state index in [4.69, 9.17) is 11.6 Å². The van der Waals surface area contributed by atoms with Gasteiger partial charge in [0.2, 0.25) is 5.91 Å². The van der Waals surface area contributed by atoms with Crippen LogP contribution in [0.25, 0.3) is 0 Å². The third kappa shape index (κ3) is 4.50. The molecule has 0 fully saturated rings. The highest BCUT2D eigenvalue weighted by molar-refractivity contribution is 7.99. The van der Waals surface area contributed by atoms with Gasteiger partial charge in [-0.05, 0) is 31.5 Å². The summed E-state index contributed by atoms with van der Waals surface area (Å²) in [6, 6.07) is 4.53. The SMILES string of the molecule is CC(C)N(C)C(=O)CSCc1ccc(F)cc1Cl. The number of carbonyl (C=O) groups is 1. The molecule has 0 heterocycles. The first-order chi connectivity index (χ1) is 8.41. The first-order valence-corrected chi connectivity index (χ1v) is 7.22. The molecule has 0 atom stereocenters. The highest BCUT2D eigenvalue weighted by atomic mass is 35.5. The number of hydrogen-bond donors (Lipinski definition) is 0. The van der Waals surface area contributed by atoms with Gasteiger partial charge >= 0.3 is 0 Å². The predicted octanol–water partition coefficient (Wildman–Crippen LogP) is 3.58. The molecule has 0 unspecified atom stereocenters. The average molecular weight is 290 g/mol. The second-order valence-corrected chi connectivity index (χ2v) is 5.72. The minimum Gasteiger partial charge on any atom is -0.343 e. The number of nitrogens with zero attached hydrogens (tertiary/aromatic N) is 1. The fraction of sp³-hybridized carbons (Fsp3) is 0.462. The van der Waals surface area contributed by atoms with E-state index in [1.165, 1.54) is 23.9 Å². The smallest absolute Gasteiger partial charge is 0.232 e. The van der Waals surface area contributed by atoms with Crippen molar-refractivity contribution < 1.29 is 9.18 Å². The molecule has 0 spiro atoms. The Labute approximate surface area is 116 Å². The van der Waals surface area contributed by atoms with Crippen LogP contribution in [-0.2, 0) is 10.5 Å².